The van der Waals surface area contributed by atoms with Gasteiger partial charge in [0, 0.05) is 0 Å². The topological polar surface area (TPSA) is 0 Å². The van der Waals surface area contributed by atoms with E-state index in [0.29, 0.717) is 0 Å². The van der Waals surface area contributed by atoms with Gasteiger partial charge in [-0.1, -0.05) is 64.5 Å². The minimum Gasteiger partial charge on any atom is -0.103 e. The van der Waals surface area contributed by atoms with Crippen molar-refractivity contribution in [1.82, 2.24) is 0 Å². The van der Waals surface area contributed by atoms with Gasteiger partial charge < -0.3 is 0 Å². The molecule has 0 atom stereocenters. The van der Waals surface area contributed by atoms with E-state index in [4.69, 9.17) is 0 Å². The Hall–Kier alpha value is -0.520. The van der Waals surface area contributed by atoms with E-state index in [2.05, 4.69) is 27.0 Å². The van der Waals surface area contributed by atoms with Crippen LogP contribution < -0.4 is 0 Å². The van der Waals surface area contributed by atoms with E-state index >= 15 is 0 Å². The lowest BCUT2D eigenvalue weighted by Gasteiger charge is -1.95. The van der Waals surface area contributed by atoms with Crippen LogP contribution in [0.1, 0.15) is 78.1 Å². The fourth-order valence-electron chi connectivity index (χ4n) is 1.43. The molecule has 0 bridgehead atoms. The molecule has 0 aromatic carbocycles. The molecule has 0 aromatic rings. The number of rotatable bonds is 10. The second kappa shape index (κ2) is 20.0. The number of allylic oxidation sites excluding steroid dienone is 2. The van der Waals surface area contributed by atoms with Gasteiger partial charge in [0.05, 0.1) is 0 Å². The van der Waals surface area contributed by atoms with Gasteiger partial charge in [-0.15, -0.1) is 13.2 Å². The maximum atomic E-state index is 3.68. The largest absolute Gasteiger partial charge is 0.103 e. The molecule has 0 fully saturated rings. The molecule has 0 spiro atoms. The number of unbranched alkanes of at least 4 members (excludes halogenated alkanes) is 8. The Morgan fingerprint density at radius 3 is 1.25 bits per heavy atom. The van der Waals surface area contributed by atoms with E-state index in [1.54, 1.807) is 0 Å². The minimum atomic E-state index is 1.17. The SMILES string of the molecule is C=CCCCCCCC=C.CCCCCC. The lowest BCUT2D eigenvalue weighted by molar-refractivity contribution is 0.653. The summed E-state index contributed by atoms with van der Waals surface area (Å²) in [5.74, 6) is 0. The average molecular weight is 224 g/mol. The van der Waals surface area contributed by atoms with Crippen molar-refractivity contribution in [1.29, 1.82) is 0 Å². The van der Waals surface area contributed by atoms with Gasteiger partial charge in [0.1, 0.15) is 0 Å². The van der Waals surface area contributed by atoms with Crippen molar-refractivity contribution in [3.8, 4) is 0 Å². The minimum absolute atomic E-state index is 1.17. The Kier molecular flexibility index (Phi) is 22.3. The van der Waals surface area contributed by atoms with Gasteiger partial charge in [-0.25, -0.2) is 0 Å². The Morgan fingerprint density at radius 1 is 0.625 bits per heavy atom. The summed E-state index contributed by atoms with van der Waals surface area (Å²) in [6, 6.07) is 0. The first-order valence-corrected chi connectivity index (χ1v) is 7.05. The van der Waals surface area contributed by atoms with Gasteiger partial charge in [-0.05, 0) is 25.7 Å². The summed E-state index contributed by atoms with van der Waals surface area (Å²) in [7, 11) is 0. The lowest BCUT2D eigenvalue weighted by Crippen LogP contribution is -1.75. The van der Waals surface area contributed by atoms with Crippen LogP contribution >= 0.6 is 0 Å². The normalized spacial score (nSPS) is 9.12. The summed E-state index contributed by atoms with van der Waals surface area (Å²) in [6.07, 6.45) is 17.2. The monoisotopic (exact) mass is 224 g/mol. The highest BCUT2D eigenvalue weighted by Crippen LogP contribution is 2.05. The van der Waals surface area contributed by atoms with Crippen molar-refractivity contribution in [3.05, 3.63) is 25.3 Å². The number of hydrogen-bond donors (Lipinski definition) is 0. The molecule has 0 unspecified atom stereocenters. The van der Waals surface area contributed by atoms with Gasteiger partial charge in [-0.2, -0.15) is 0 Å². The quantitative estimate of drug-likeness (QED) is 0.302. The van der Waals surface area contributed by atoms with Crippen LogP contribution in [0.5, 0.6) is 0 Å². The Balaban J connectivity index is 0. The zero-order valence-electron chi connectivity index (χ0n) is 11.6. The van der Waals surface area contributed by atoms with Crippen LogP contribution in [0.3, 0.4) is 0 Å². The Bertz CT molecular complexity index is 108. The highest BCUT2D eigenvalue weighted by Gasteiger charge is 1.85. The van der Waals surface area contributed by atoms with Crippen LogP contribution in [0, 0.1) is 0 Å². The molecule has 0 heteroatoms. The molecule has 0 aliphatic rings. The van der Waals surface area contributed by atoms with Crippen LogP contribution in [0.4, 0.5) is 0 Å². The smallest absolute Gasteiger partial charge is 0.0353 e. The van der Waals surface area contributed by atoms with Crippen molar-refractivity contribution < 1.29 is 0 Å². The third-order valence-corrected chi connectivity index (χ3v) is 2.52. The van der Waals surface area contributed by atoms with Gasteiger partial charge in [-0.3, -0.25) is 0 Å². The molecular weight excluding hydrogens is 192 g/mol. The predicted octanol–water partition coefficient (Wildman–Crippen LogP) is 6.29. The van der Waals surface area contributed by atoms with E-state index in [0.717, 1.165) is 0 Å². The molecule has 0 amide bonds. The van der Waals surface area contributed by atoms with Crippen LogP contribution in [0.2, 0.25) is 0 Å². The van der Waals surface area contributed by atoms with Crippen LogP contribution in [-0.4, -0.2) is 0 Å². The average Bonchev–Trinajstić information content (AvgIpc) is 2.32. The second-order valence-electron chi connectivity index (χ2n) is 4.28. The lowest BCUT2D eigenvalue weighted by atomic mass is 10.1. The van der Waals surface area contributed by atoms with Crippen molar-refractivity contribution >= 4 is 0 Å². The van der Waals surface area contributed by atoms with Crippen LogP contribution in [0.25, 0.3) is 0 Å². The van der Waals surface area contributed by atoms with Gasteiger partial charge in [0.15, 0.2) is 0 Å². The molecule has 0 heterocycles. The van der Waals surface area contributed by atoms with Crippen molar-refractivity contribution in [2.24, 2.45) is 0 Å². The first kappa shape index (κ1) is 17.9. The maximum Gasteiger partial charge on any atom is -0.0353 e. The molecule has 0 aromatic heterocycles. The summed E-state index contributed by atoms with van der Waals surface area (Å²) in [4.78, 5) is 0. The summed E-state index contributed by atoms with van der Waals surface area (Å²) < 4.78 is 0. The summed E-state index contributed by atoms with van der Waals surface area (Å²) in [5, 5.41) is 0. The van der Waals surface area contributed by atoms with Gasteiger partial charge >= 0.3 is 0 Å². The zero-order valence-corrected chi connectivity index (χ0v) is 11.6. The molecule has 0 radical (unpaired) electrons. The molecule has 16 heavy (non-hydrogen) atoms. The van der Waals surface area contributed by atoms with Gasteiger partial charge in [0.25, 0.3) is 0 Å². The molecule has 0 saturated carbocycles. The van der Waals surface area contributed by atoms with E-state index < -0.39 is 0 Å². The third kappa shape index (κ3) is 23.4. The first-order chi connectivity index (χ1) is 7.83. The highest BCUT2D eigenvalue weighted by atomic mass is 13.9. The Labute approximate surface area is 104 Å². The molecular formula is C16H32. The fraction of sp³-hybridized carbons (Fsp3) is 0.750. The van der Waals surface area contributed by atoms with Gasteiger partial charge in [0.2, 0.25) is 0 Å². The molecule has 0 aliphatic carbocycles. The molecule has 0 N–H and O–H groups in total. The van der Waals surface area contributed by atoms with Crippen LogP contribution in [-0.2, 0) is 0 Å². The molecule has 96 valence electrons. The molecule has 0 saturated heterocycles. The third-order valence-electron chi connectivity index (χ3n) is 2.52. The number of hydrogen-bond acceptors (Lipinski definition) is 0. The fourth-order valence-corrected chi connectivity index (χ4v) is 1.43. The van der Waals surface area contributed by atoms with Crippen LogP contribution in [0.15, 0.2) is 25.3 Å². The van der Waals surface area contributed by atoms with Crippen molar-refractivity contribution in [2.45, 2.75) is 78.1 Å². The summed E-state index contributed by atoms with van der Waals surface area (Å²) in [5.41, 5.74) is 0. The Morgan fingerprint density at radius 2 is 1.00 bits per heavy atom. The van der Waals surface area contributed by atoms with Crippen molar-refractivity contribution in [3.63, 3.8) is 0 Å². The standard InChI is InChI=1S/C10H18.C6H14/c1-3-5-7-9-10-8-6-4-2;1-3-5-6-4-2/h3-4H,1-2,5-10H2;3-6H2,1-2H3. The summed E-state index contributed by atoms with van der Waals surface area (Å²) in [6.45, 7) is 11.8. The van der Waals surface area contributed by atoms with E-state index in [9.17, 15) is 0 Å². The molecule has 0 aliphatic heterocycles. The second-order valence-corrected chi connectivity index (χ2v) is 4.28. The molecule has 0 nitrogen and oxygen atoms in total. The van der Waals surface area contributed by atoms with Crippen molar-refractivity contribution in [2.75, 3.05) is 0 Å². The zero-order chi connectivity index (χ0) is 12.5. The summed E-state index contributed by atoms with van der Waals surface area (Å²) >= 11 is 0. The van der Waals surface area contributed by atoms with E-state index in [1.165, 1.54) is 64.2 Å². The molecule has 0 rings (SSSR count). The van der Waals surface area contributed by atoms with E-state index in [1.807, 2.05) is 12.2 Å². The highest BCUT2D eigenvalue weighted by molar-refractivity contribution is 4.67. The first-order valence-electron chi connectivity index (χ1n) is 7.05. The maximum absolute atomic E-state index is 3.68. The predicted molar refractivity (Wildman–Crippen MR) is 77.9 cm³/mol. The van der Waals surface area contributed by atoms with E-state index in [-0.39, 0.29) is 0 Å².